The average Bonchev–Trinajstić information content (AvgIpc) is 2.32. The van der Waals surface area contributed by atoms with E-state index in [1.54, 1.807) is 0 Å². The SMILES string of the molecule is CC(C)(C)N(C(=O)O)C(c1ncc(Br)cc1CO)C(F)(F)F. The Kier molecular flexibility index (Phi) is 5.45. The number of hydrogen-bond donors (Lipinski definition) is 2. The molecular formula is C13H16BrF3N2O3. The van der Waals surface area contributed by atoms with Gasteiger partial charge in [0.25, 0.3) is 0 Å². The monoisotopic (exact) mass is 384 g/mol. The minimum Gasteiger partial charge on any atom is -0.465 e. The van der Waals surface area contributed by atoms with Gasteiger partial charge in [-0.15, -0.1) is 0 Å². The molecule has 1 amide bonds. The lowest BCUT2D eigenvalue weighted by Crippen LogP contribution is -2.52. The van der Waals surface area contributed by atoms with Gasteiger partial charge in [-0.1, -0.05) is 0 Å². The molecule has 0 aromatic carbocycles. The summed E-state index contributed by atoms with van der Waals surface area (Å²) in [5, 5.41) is 18.5. The van der Waals surface area contributed by atoms with E-state index in [-0.39, 0.29) is 5.56 Å². The molecule has 0 aliphatic rings. The number of amides is 1. The molecule has 0 radical (unpaired) electrons. The van der Waals surface area contributed by atoms with Crippen LogP contribution >= 0.6 is 15.9 Å². The molecule has 5 nitrogen and oxygen atoms in total. The lowest BCUT2D eigenvalue weighted by Gasteiger charge is -2.40. The van der Waals surface area contributed by atoms with E-state index in [2.05, 4.69) is 20.9 Å². The number of rotatable bonds is 3. The zero-order chi connectivity index (χ0) is 17.3. The van der Waals surface area contributed by atoms with E-state index in [1.165, 1.54) is 26.8 Å². The van der Waals surface area contributed by atoms with Crippen LogP contribution in [0.3, 0.4) is 0 Å². The van der Waals surface area contributed by atoms with Gasteiger partial charge in [0, 0.05) is 21.8 Å². The number of carboxylic acid groups (broad SMARTS) is 1. The molecule has 2 N–H and O–H groups in total. The van der Waals surface area contributed by atoms with Crippen LogP contribution in [0.1, 0.15) is 38.1 Å². The number of hydrogen-bond acceptors (Lipinski definition) is 3. The first-order valence-corrected chi connectivity index (χ1v) is 7.03. The molecule has 1 aromatic heterocycles. The maximum Gasteiger partial charge on any atom is 0.414 e. The highest BCUT2D eigenvalue weighted by Gasteiger charge is 2.51. The Morgan fingerprint density at radius 2 is 1.95 bits per heavy atom. The molecular weight excluding hydrogens is 369 g/mol. The fourth-order valence-electron chi connectivity index (χ4n) is 2.07. The Balaban J connectivity index is 3.58. The van der Waals surface area contributed by atoms with Crippen LogP contribution in [0.15, 0.2) is 16.7 Å². The van der Waals surface area contributed by atoms with E-state index < -0.39 is 36.2 Å². The summed E-state index contributed by atoms with van der Waals surface area (Å²) in [6.45, 7) is 3.39. The summed E-state index contributed by atoms with van der Waals surface area (Å²) in [4.78, 5) is 15.4. The van der Waals surface area contributed by atoms with Gasteiger partial charge < -0.3 is 10.2 Å². The average molecular weight is 385 g/mol. The van der Waals surface area contributed by atoms with Crippen LogP contribution in [0.4, 0.5) is 18.0 Å². The Morgan fingerprint density at radius 1 is 1.41 bits per heavy atom. The second-order valence-corrected chi connectivity index (χ2v) is 6.54. The Bertz CT molecular complexity index is 558. The molecule has 1 unspecified atom stereocenters. The second-order valence-electron chi connectivity index (χ2n) is 5.62. The predicted molar refractivity (Wildman–Crippen MR) is 76.3 cm³/mol. The van der Waals surface area contributed by atoms with Gasteiger partial charge >= 0.3 is 12.3 Å². The molecule has 0 spiro atoms. The van der Waals surface area contributed by atoms with Crippen molar-refractivity contribution in [1.29, 1.82) is 0 Å². The van der Waals surface area contributed by atoms with Gasteiger partial charge in [-0.3, -0.25) is 9.88 Å². The van der Waals surface area contributed by atoms with Crippen molar-refractivity contribution in [2.75, 3.05) is 0 Å². The smallest absolute Gasteiger partial charge is 0.414 e. The van der Waals surface area contributed by atoms with Crippen LogP contribution in [0.2, 0.25) is 0 Å². The standard InChI is InChI=1S/C13H16BrF3N2O3/c1-12(2,3)19(11(21)22)10(13(15,16)17)9-7(6-20)4-8(14)5-18-9/h4-5,10,20H,6H2,1-3H3,(H,21,22). The molecule has 0 bridgehead atoms. The highest BCUT2D eigenvalue weighted by atomic mass is 79.9. The minimum absolute atomic E-state index is 0.0906. The Labute approximate surface area is 133 Å². The van der Waals surface area contributed by atoms with Crippen LogP contribution in [-0.4, -0.2) is 37.9 Å². The zero-order valence-corrected chi connectivity index (χ0v) is 13.7. The normalized spacial score (nSPS) is 13.8. The van der Waals surface area contributed by atoms with Gasteiger partial charge in [-0.05, 0) is 42.8 Å². The van der Waals surface area contributed by atoms with Gasteiger partial charge in [0.2, 0.25) is 0 Å². The van der Waals surface area contributed by atoms with Crippen molar-refractivity contribution in [3.8, 4) is 0 Å². The van der Waals surface area contributed by atoms with Gasteiger partial charge in [0.05, 0.1) is 12.3 Å². The van der Waals surface area contributed by atoms with E-state index in [0.29, 0.717) is 9.37 Å². The molecule has 22 heavy (non-hydrogen) atoms. The number of alkyl halides is 3. The predicted octanol–water partition coefficient (Wildman–Crippen LogP) is 3.72. The topological polar surface area (TPSA) is 73.7 Å². The maximum absolute atomic E-state index is 13.5. The zero-order valence-electron chi connectivity index (χ0n) is 12.1. The van der Waals surface area contributed by atoms with Crippen molar-refractivity contribution in [1.82, 2.24) is 9.88 Å². The van der Waals surface area contributed by atoms with E-state index in [0.717, 1.165) is 6.20 Å². The van der Waals surface area contributed by atoms with E-state index >= 15 is 0 Å². The van der Waals surface area contributed by atoms with Crippen LogP contribution in [-0.2, 0) is 6.61 Å². The number of carbonyl (C=O) groups is 1. The first-order valence-electron chi connectivity index (χ1n) is 6.23. The number of aliphatic hydroxyl groups excluding tert-OH is 1. The fourth-order valence-corrected chi connectivity index (χ4v) is 2.45. The van der Waals surface area contributed by atoms with Crippen molar-refractivity contribution < 1.29 is 28.2 Å². The minimum atomic E-state index is -4.88. The van der Waals surface area contributed by atoms with Crippen molar-refractivity contribution in [2.45, 2.75) is 45.1 Å². The summed E-state index contributed by atoms with van der Waals surface area (Å²) in [7, 11) is 0. The van der Waals surface area contributed by atoms with Gasteiger partial charge in [-0.25, -0.2) is 4.79 Å². The quantitative estimate of drug-likeness (QED) is 0.832. The van der Waals surface area contributed by atoms with Gasteiger partial charge in [-0.2, -0.15) is 13.2 Å². The molecule has 9 heteroatoms. The van der Waals surface area contributed by atoms with Crippen LogP contribution in [0.5, 0.6) is 0 Å². The van der Waals surface area contributed by atoms with E-state index in [9.17, 15) is 28.2 Å². The largest absolute Gasteiger partial charge is 0.465 e. The first kappa shape index (κ1) is 18.7. The molecule has 1 rings (SSSR count). The van der Waals surface area contributed by atoms with E-state index in [4.69, 9.17) is 0 Å². The maximum atomic E-state index is 13.5. The highest BCUT2D eigenvalue weighted by molar-refractivity contribution is 9.10. The summed E-state index contributed by atoms with van der Waals surface area (Å²) in [5.41, 5.74) is -1.93. The molecule has 0 fully saturated rings. The number of nitrogens with zero attached hydrogens (tertiary/aromatic N) is 2. The molecule has 0 aliphatic heterocycles. The fraction of sp³-hybridized carbons (Fsp3) is 0.538. The summed E-state index contributed by atoms with van der Waals surface area (Å²) in [6, 6.07) is -1.19. The third-order valence-corrected chi connectivity index (χ3v) is 3.33. The molecule has 0 saturated carbocycles. The van der Waals surface area contributed by atoms with Crippen molar-refractivity contribution in [3.05, 3.63) is 28.0 Å². The third kappa shape index (κ3) is 4.10. The molecule has 124 valence electrons. The summed E-state index contributed by atoms with van der Waals surface area (Å²) < 4.78 is 41.0. The number of halogens is 4. The van der Waals surface area contributed by atoms with Crippen LogP contribution in [0, 0.1) is 0 Å². The van der Waals surface area contributed by atoms with Gasteiger partial charge in [0.1, 0.15) is 0 Å². The molecule has 1 atom stereocenters. The molecule has 0 saturated heterocycles. The Hall–Kier alpha value is -1.35. The third-order valence-electron chi connectivity index (χ3n) is 2.89. The van der Waals surface area contributed by atoms with Crippen molar-refractivity contribution in [3.63, 3.8) is 0 Å². The lowest BCUT2D eigenvalue weighted by molar-refractivity contribution is -0.192. The highest BCUT2D eigenvalue weighted by Crippen LogP contribution is 2.41. The molecule has 0 aliphatic carbocycles. The van der Waals surface area contributed by atoms with Crippen molar-refractivity contribution in [2.24, 2.45) is 0 Å². The number of pyridine rings is 1. The summed E-state index contributed by atoms with van der Waals surface area (Å²) in [6.07, 6.45) is -5.46. The van der Waals surface area contributed by atoms with Crippen LogP contribution < -0.4 is 0 Å². The lowest BCUT2D eigenvalue weighted by atomic mass is 9.98. The van der Waals surface area contributed by atoms with Crippen LogP contribution in [0.25, 0.3) is 0 Å². The number of aliphatic hydroxyl groups is 1. The summed E-state index contributed by atoms with van der Waals surface area (Å²) in [5.74, 6) is 0. The van der Waals surface area contributed by atoms with Crippen molar-refractivity contribution >= 4 is 22.0 Å². The first-order chi connectivity index (χ1) is 9.89. The Morgan fingerprint density at radius 3 is 2.32 bits per heavy atom. The molecule has 1 aromatic rings. The molecule has 1 heterocycles. The van der Waals surface area contributed by atoms with E-state index in [1.807, 2.05) is 0 Å². The van der Waals surface area contributed by atoms with Gasteiger partial charge in [0.15, 0.2) is 6.04 Å². The summed E-state index contributed by atoms with van der Waals surface area (Å²) >= 11 is 3.06. The number of aromatic nitrogens is 1. The second kappa shape index (κ2) is 6.41.